The zero-order valence-electron chi connectivity index (χ0n) is 12.8. The summed E-state index contributed by atoms with van der Waals surface area (Å²) >= 11 is 0. The number of nitrogens with one attached hydrogen (secondary N) is 1. The topological polar surface area (TPSA) is 43.3 Å². The number of ether oxygens (including phenoxy) is 1. The molecule has 1 unspecified atom stereocenters. The van der Waals surface area contributed by atoms with Crippen molar-refractivity contribution in [2.24, 2.45) is 0 Å². The van der Waals surface area contributed by atoms with E-state index in [1.54, 1.807) is 4.57 Å². The van der Waals surface area contributed by atoms with E-state index in [0.717, 1.165) is 16.9 Å². The van der Waals surface area contributed by atoms with Crippen molar-refractivity contribution in [1.82, 2.24) is 9.88 Å². The van der Waals surface area contributed by atoms with Crippen LogP contribution >= 0.6 is 0 Å². The van der Waals surface area contributed by atoms with E-state index in [2.05, 4.69) is 5.32 Å². The van der Waals surface area contributed by atoms with Gasteiger partial charge in [-0.05, 0) is 33.0 Å². The van der Waals surface area contributed by atoms with E-state index >= 15 is 0 Å². The maximum Gasteiger partial charge on any atom is 0.253 e. The standard InChI is InChI=1S/C17H22N2O2/c1-4-21-16-10-6-5-9-14(16)15(18-3)12-19-11-7-8-13(2)17(19)20/h5-11,15,18H,4,12H2,1-3H3. The molecule has 0 saturated heterocycles. The molecule has 1 aromatic carbocycles. The van der Waals surface area contributed by atoms with Gasteiger partial charge in [0.05, 0.1) is 12.6 Å². The molecule has 4 heteroatoms. The third kappa shape index (κ3) is 3.52. The molecule has 0 saturated carbocycles. The molecule has 0 aliphatic heterocycles. The molecule has 4 nitrogen and oxygen atoms in total. The molecule has 1 aromatic heterocycles. The highest BCUT2D eigenvalue weighted by atomic mass is 16.5. The number of hydrogen-bond donors (Lipinski definition) is 1. The Balaban J connectivity index is 2.32. The summed E-state index contributed by atoms with van der Waals surface area (Å²) in [5, 5.41) is 3.27. The Kier molecular flexibility index (Phi) is 5.17. The number of pyridine rings is 1. The Hall–Kier alpha value is -2.07. The summed E-state index contributed by atoms with van der Waals surface area (Å²) < 4.78 is 7.42. The van der Waals surface area contributed by atoms with Gasteiger partial charge in [0.15, 0.2) is 0 Å². The minimum Gasteiger partial charge on any atom is -0.494 e. The van der Waals surface area contributed by atoms with Crippen LogP contribution in [0.1, 0.15) is 24.1 Å². The van der Waals surface area contributed by atoms with Crippen LogP contribution in [0.3, 0.4) is 0 Å². The van der Waals surface area contributed by atoms with Gasteiger partial charge in [-0.3, -0.25) is 4.79 Å². The van der Waals surface area contributed by atoms with Crippen LogP contribution in [0.5, 0.6) is 5.75 Å². The van der Waals surface area contributed by atoms with Gasteiger partial charge in [-0.1, -0.05) is 24.3 Å². The van der Waals surface area contributed by atoms with Crippen LogP contribution in [0.25, 0.3) is 0 Å². The van der Waals surface area contributed by atoms with Crippen LogP contribution in [0.15, 0.2) is 47.4 Å². The lowest BCUT2D eigenvalue weighted by atomic mass is 10.1. The van der Waals surface area contributed by atoms with Gasteiger partial charge in [-0.25, -0.2) is 0 Å². The summed E-state index contributed by atoms with van der Waals surface area (Å²) in [6.07, 6.45) is 1.82. The molecule has 0 spiro atoms. The van der Waals surface area contributed by atoms with Crippen molar-refractivity contribution >= 4 is 0 Å². The van der Waals surface area contributed by atoms with Crippen LogP contribution in [-0.4, -0.2) is 18.2 Å². The van der Waals surface area contributed by atoms with Crippen molar-refractivity contribution in [3.63, 3.8) is 0 Å². The SMILES string of the molecule is CCOc1ccccc1C(Cn1cccc(C)c1=O)NC. The first-order chi connectivity index (χ1) is 10.2. The molecule has 112 valence electrons. The van der Waals surface area contributed by atoms with Gasteiger partial charge in [-0.15, -0.1) is 0 Å². The van der Waals surface area contributed by atoms with Gasteiger partial charge in [0.25, 0.3) is 5.56 Å². The molecule has 0 bridgehead atoms. The number of rotatable bonds is 6. The van der Waals surface area contributed by atoms with Crippen molar-refractivity contribution in [2.45, 2.75) is 26.4 Å². The Morgan fingerprint density at radius 1 is 1.24 bits per heavy atom. The molecule has 2 aromatic rings. The van der Waals surface area contributed by atoms with Gasteiger partial charge < -0.3 is 14.6 Å². The first-order valence-electron chi connectivity index (χ1n) is 7.22. The first-order valence-corrected chi connectivity index (χ1v) is 7.22. The van der Waals surface area contributed by atoms with Crippen LogP contribution in [0, 0.1) is 6.92 Å². The van der Waals surface area contributed by atoms with Crippen molar-refractivity contribution < 1.29 is 4.74 Å². The molecule has 1 N–H and O–H groups in total. The van der Waals surface area contributed by atoms with Gasteiger partial charge in [0, 0.05) is 23.9 Å². The quantitative estimate of drug-likeness (QED) is 0.887. The molecule has 1 atom stereocenters. The maximum atomic E-state index is 12.2. The lowest BCUT2D eigenvalue weighted by molar-refractivity contribution is 0.329. The van der Waals surface area contributed by atoms with Crippen LogP contribution in [-0.2, 0) is 6.54 Å². The summed E-state index contributed by atoms with van der Waals surface area (Å²) in [5.74, 6) is 0.861. The summed E-state index contributed by atoms with van der Waals surface area (Å²) in [5.41, 5.74) is 1.87. The van der Waals surface area contributed by atoms with Gasteiger partial charge in [0.1, 0.15) is 5.75 Å². The average Bonchev–Trinajstić information content (AvgIpc) is 2.50. The van der Waals surface area contributed by atoms with E-state index in [1.807, 2.05) is 63.5 Å². The summed E-state index contributed by atoms with van der Waals surface area (Å²) in [4.78, 5) is 12.2. The van der Waals surface area contributed by atoms with E-state index in [0.29, 0.717) is 13.2 Å². The fourth-order valence-electron chi connectivity index (χ4n) is 2.40. The molecule has 2 rings (SSSR count). The highest BCUT2D eigenvalue weighted by molar-refractivity contribution is 5.36. The van der Waals surface area contributed by atoms with Crippen LogP contribution in [0.2, 0.25) is 0 Å². The Bertz CT molecular complexity index is 649. The fraction of sp³-hybridized carbons (Fsp3) is 0.353. The Labute approximate surface area is 125 Å². The molecule has 0 aliphatic rings. The molecule has 0 fully saturated rings. The predicted molar refractivity (Wildman–Crippen MR) is 84.9 cm³/mol. The largest absolute Gasteiger partial charge is 0.494 e. The van der Waals surface area contributed by atoms with Crippen molar-refractivity contribution in [3.05, 3.63) is 64.1 Å². The minimum absolute atomic E-state index is 0.0206. The van der Waals surface area contributed by atoms with Crippen molar-refractivity contribution in [1.29, 1.82) is 0 Å². The van der Waals surface area contributed by atoms with E-state index in [4.69, 9.17) is 4.74 Å². The number of para-hydroxylation sites is 1. The van der Waals surface area contributed by atoms with Crippen molar-refractivity contribution in [3.8, 4) is 5.75 Å². The normalized spacial score (nSPS) is 12.1. The fourth-order valence-corrected chi connectivity index (χ4v) is 2.40. The molecular formula is C17H22N2O2. The summed E-state index contributed by atoms with van der Waals surface area (Å²) in [7, 11) is 1.90. The Morgan fingerprint density at radius 3 is 2.71 bits per heavy atom. The smallest absolute Gasteiger partial charge is 0.253 e. The lowest BCUT2D eigenvalue weighted by Gasteiger charge is -2.21. The number of likely N-dealkylation sites (N-methyl/N-ethyl adjacent to an activating group) is 1. The molecule has 0 aliphatic carbocycles. The number of benzene rings is 1. The number of hydrogen-bond acceptors (Lipinski definition) is 3. The third-order valence-corrected chi connectivity index (χ3v) is 3.53. The predicted octanol–water partition coefficient (Wildman–Crippen LogP) is 2.52. The second-order valence-electron chi connectivity index (χ2n) is 4.96. The number of nitrogens with zero attached hydrogens (tertiary/aromatic N) is 1. The van der Waals surface area contributed by atoms with Crippen LogP contribution < -0.4 is 15.6 Å². The van der Waals surface area contributed by atoms with E-state index in [-0.39, 0.29) is 11.6 Å². The molecular weight excluding hydrogens is 264 g/mol. The molecule has 0 radical (unpaired) electrons. The first kappa shape index (κ1) is 15.3. The highest BCUT2D eigenvalue weighted by Crippen LogP contribution is 2.25. The van der Waals surface area contributed by atoms with Gasteiger partial charge in [0.2, 0.25) is 0 Å². The lowest BCUT2D eigenvalue weighted by Crippen LogP contribution is -2.29. The number of aryl methyl sites for hydroxylation is 1. The van der Waals surface area contributed by atoms with Crippen LogP contribution in [0.4, 0.5) is 0 Å². The number of aromatic nitrogens is 1. The maximum absolute atomic E-state index is 12.2. The van der Waals surface area contributed by atoms with E-state index in [1.165, 1.54) is 0 Å². The molecule has 1 heterocycles. The third-order valence-electron chi connectivity index (χ3n) is 3.53. The zero-order chi connectivity index (χ0) is 15.2. The Morgan fingerprint density at radius 2 is 2.00 bits per heavy atom. The average molecular weight is 286 g/mol. The second kappa shape index (κ2) is 7.09. The van der Waals surface area contributed by atoms with E-state index < -0.39 is 0 Å². The van der Waals surface area contributed by atoms with Crippen molar-refractivity contribution in [2.75, 3.05) is 13.7 Å². The minimum atomic E-state index is 0.0206. The summed E-state index contributed by atoms with van der Waals surface area (Å²) in [6.45, 7) is 5.00. The zero-order valence-corrected chi connectivity index (χ0v) is 12.8. The molecule has 0 amide bonds. The monoisotopic (exact) mass is 286 g/mol. The highest BCUT2D eigenvalue weighted by Gasteiger charge is 2.15. The molecule has 21 heavy (non-hydrogen) atoms. The van der Waals surface area contributed by atoms with Gasteiger partial charge in [-0.2, -0.15) is 0 Å². The second-order valence-corrected chi connectivity index (χ2v) is 4.96. The van der Waals surface area contributed by atoms with Gasteiger partial charge >= 0.3 is 0 Å². The van der Waals surface area contributed by atoms with E-state index in [9.17, 15) is 4.79 Å². The summed E-state index contributed by atoms with van der Waals surface area (Å²) in [6, 6.07) is 11.7.